The van der Waals surface area contributed by atoms with Crippen LogP contribution >= 0.6 is 0 Å². The molecule has 132 valence electrons. The van der Waals surface area contributed by atoms with Crippen molar-refractivity contribution < 1.29 is 13.9 Å². The SMILES string of the molecule is COc1cnc(COc2ccc3oc(-c4ccncc4C#N)cc3c2)cn1. The third kappa shape index (κ3) is 3.41. The summed E-state index contributed by atoms with van der Waals surface area (Å²) in [5, 5.41) is 10.1. The van der Waals surface area contributed by atoms with Crippen LogP contribution < -0.4 is 9.47 Å². The van der Waals surface area contributed by atoms with Crippen LogP contribution in [0.1, 0.15) is 11.3 Å². The average Bonchev–Trinajstić information content (AvgIpc) is 3.15. The first-order chi connectivity index (χ1) is 13.3. The maximum absolute atomic E-state index is 9.24. The highest BCUT2D eigenvalue weighted by Gasteiger charge is 2.11. The number of furan rings is 1. The van der Waals surface area contributed by atoms with Crippen molar-refractivity contribution in [2.24, 2.45) is 0 Å². The Labute approximate surface area is 154 Å². The first-order valence-corrected chi connectivity index (χ1v) is 8.12. The van der Waals surface area contributed by atoms with E-state index in [1.54, 1.807) is 31.8 Å². The molecule has 4 aromatic rings. The van der Waals surface area contributed by atoms with Gasteiger partial charge in [0, 0.05) is 23.3 Å². The molecule has 3 heterocycles. The molecule has 0 saturated carbocycles. The van der Waals surface area contributed by atoms with Gasteiger partial charge in [0.25, 0.3) is 0 Å². The van der Waals surface area contributed by atoms with E-state index in [4.69, 9.17) is 13.9 Å². The second-order valence-corrected chi connectivity index (χ2v) is 5.68. The molecular weight excluding hydrogens is 344 g/mol. The van der Waals surface area contributed by atoms with E-state index < -0.39 is 0 Å². The first-order valence-electron chi connectivity index (χ1n) is 8.12. The second-order valence-electron chi connectivity index (χ2n) is 5.68. The molecule has 1 aromatic carbocycles. The highest BCUT2D eigenvalue weighted by Crippen LogP contribution is 2.31. The number of pyridine rings is 1. The van der Waals surface area contributed by atoms with E-state index in [0.717, 1.165) is 5.39 Å². The monoisotopic (exact) mass is 358 g/mol. The van der Waals surface area contributed by atoms with Gasteiger partial charge in [-0.1, -0.05) is 0 Å². The van der Waals surface area contributed by atoms with Crippen LogP contribution in [0, 0.1) is 11.3 Å². The molecule has 0 spiro atoms. The molecule has 0 N–H and O–H groups in total. The van der Waals surface area contributed by atoms with Crippen molar-refractivity contribution in [3.05, 3.63) is 66.4 Å². The Hall–Kier alpha value is -3.92. The minimum atomic E-state index is 0.288. The molecule has 3 aromatic heterocycles. The van der Waals surface area contributed by atoms with Crippen molar-refractivity contribution in [2.45, 2.75) is 6.61 Å². The normalized spacial score (nSPS) is 10.5. The highest BCUT2D eigenvalue weighted by atomic mass is 16.5. The summed E-state index contributed by atoms with van der Waals surface area (Å²) in [5.41, 5.74) is 2.58. The smallest absolute Gasteiger partial charge is 0.231 e. The van der Waals surface area contributed by atoms with Gasteiger partial charge in [-0.25, -0.2) is 4.98 Å². The fraction of sp³-hybridized carbons (Fsp3) is 0.100. The third-order valence-corrected chi connectivity index (χ3v) is 3.97. The van der Waals surface area contributed by atoms with E-state index >= 15 is 0 Å². The van der Waals surface area contributed by atoms with Gasteiger partial charge in [-0.2, -0.15) is 5.26 Å². The minimum absolute atomic E-state index is 0.288. The topological polar surface area (TPSA) is 94.1 Å². The standard InChI is InChI=1S/C20H14N4O3/c1-25-20-11-23-15(10-24-20)12-26-16-2-3-18-13(6-16)7-19(27-18)17-4-5-22-9-14(17)8-21/h2-7,9-11H,12H2,1H3. The van der Waals surface area contributed by atoms with Gasteiger partial charge >= 0.3 is 0 Å². The van der Waals surface area contributed by atoms with Crippen LogP contribution in [0.4, 0.5) is 0 Å². The highest BCUT2D eigenvalue weighted by molar-refractivity contribution is 5.85. The largest absolute Gasteiger partial charge is 0.487 e. The summed E-state index contributed by atoms with van der Waals surface area (Å²) >= 11 is 0. The Balaban J connectivity index is 1.56. The van der Waals surface area contributed by atoms with E-state index in [9.17, 15) is 5.26 Å². The number of hydrogen-bond acceptors (Lipinski definition) is 7. The molecule has 0 aliphatic carbocycles. The lowest BCUT2D eigenvalue weighted by Gasteiger charge is -2.05. The van der Waals surface area contributed by atoms with E-state index in [1.807, 2.05) is 24.3 Å². The number of rotatable bonds is 5. The molecule has 0 unspecified atom stereocenters. The quantitative estimate of drug-likeness (QED) is 0.536. The van der Waals surface area contributed by atoms with Gasteiger partial charge in [-0.05, 0) is 30.3 Å². The second kappa shape index (κ2) is 7.14. The zero-order valence-electron chi connectivity index (χ0n) is 14.4. The van der Waals surface area contributed by atoms with Gasteiger partial charge in [-0.15, -0.1) is 0 Å². The van der Waals surface area contributed by atoms with Gasteiger partial charge < -0.3 is 13.9 Å². The molecule has 7 nitrogen and oxygen atoms in total. The molecule has 7 heteroatoms. The summed E-state index contributed by atoms with van der Waals surface area (Å²) in [6.07, 6.45) is 6.31. The fourth-order valence-corrected chi connectivity index (χ4v) is 2.62. The van der Waals surface area contributed by atoms with Gasteiger partial charge in [0.2, 0.25) is 5.88 Å². The van der Waals surface area contributed by atoms with Crippen molar-refractivity contribution in [3.8, 4) is 29.0 Å². The maximum atomic E-state index is 9.24. The Morgan fingerprint density at radius 3 is 2.81 bits per heavy atom. The molecular formula is C20H14N4O3. The molecule has 0 radical (unpaired) electrons. The summed E-state index contributed by atoms with van der Waals surface area (Å²) in [4.78, 5) is 12.3. The van der Waals surface area contributed by atoms with Crippen molar-refractivity contribution in [3.63, 3.8) is 0 Å². The molecule has 0 saturated heterocycles. The van der Waals surface area contributed by atoms with Crippen molar-refractivity contribution in [1.82, 2.24) is 15.0 Å². The predicted molar refractivity (Wildman–Crippen MR) is 97.1 cm³/mol. The lowest BCUT2D eigenvalue weighted by Crippen LogP contribution is -1.99. The van der Waals surface area contributed by atoms with E-state index in [-0.39, 0.29) is 6.61 Å². The zero-order valence-corrected chi connectivity index (χ0v) is 14.4. The summed E-state index contributed by atoms with van der Waals surface area (Å²) in [6, 6.07) is 11.3. The average molecular weight is 358 g/mol. The number of ether oxygens (including phenoxy) is 2. The van der Waals surface area contributed by atoms with Crippen LogP contribution in [-0.2, 0) is 6.61 Å². The van der Waals surface area contributed by atoms with Gasteiger partial charge in [0.15, 0.2) is 0 Å². The number of hydrogen-bond donors (Lipinski definition) is 0. The van der Waals surface area contributed by atoms with Crippen LogP contribution in [0.3, 0.4) is 0 Å². The van der Waals surface area contributed by atoms with Crippen molar-refractivity contribution in [1.29, 1.82) is 5.26 Å². The molecule has 0 atom stereocenters. The predicted octanol–water partition coefficient (Wildman–Crippen LogP) is 3.74. The Bertz CT molecular complexity index is 1130. The van der Waals surface area contributed by atoms with Gasteiger partial charge in [0.05, 0.1) is 30.8 Å². The van der Waals surface area contributed by atoms with Gasteiger partial charge in [0.1, 0.15) is 29.8 Å². The van der Waals surface area contributed by atoms with Crippen molar-refractivity contribution >= 4 is 11.0 Å². The molecule has 0 bridgehead atoms. The Morgan fingerprint density at radius 1 is 1.11 bits per heavy atom. The fourth-order valence-electron chi connectivity index (χ4n) is 2.62. The maximum Gasteiger partial charge on any atom is 0.231 e. The van der Waals surface area contributed by atoms with Crippen molar-refractivity contribution in [2.75, 3.05) is 7.11 Å². The Morgan fingerprint density at radius 2 is 2.04 bits per heavy atom. The van der Waals surface area contributed by atoms with Gasteiger partial charge in [-0.3, -0.25) is 9.97 Å². The van der Waals surface area contributed by atoms with Crippen LogP contribution in [0.2, 0.25) is 0 Å². The summed E-state index contributed by atoms with van der Waals surface area (Å²) < 4.78 is 16.6. The lowest BCUT2D eigenvalue weighted by molar-refractivity contribution is 0.300. The number of benzene rings is 1. The number of nitrogens with zero attached hydrogens (tertiary/aromatic N) is 4. The number of aromatic nitrogens is 3. The third-order valence-electron chi connectivity index (χ3n) is 3.97. The lowest BCUT2D eigenvalue weighted by atomic mass is 10.1. The van der Waals surface area contributed by atoms with E-state index in [1.165, 1.54) is 6.20 Å². The number of methoxy groups -OCH3 is 1. The zero-order chi connectivity index (χ0) is 18.6. The number of fused-ring (bicyclic) bond motifs is 1. The summed E-state index contributed by atoms with van der Waals surface area (Å²) in [7, 11) is 1.54. The molecule has 0 amide bonds. The summed E-state index contributed by atoms with van der Waals surface area (Å²) in [6.45, 7) is 0.288. The minimum Gasteiger partial charge on any atom is -0.487 e. The van der Waals surface area contributed by atoms with E-state index in [0.29, 0.717) is 39.8 Å². The van der Waals surface area contributed by atoms with E-state index in [2.05, 4.69) is 21.0 Å². The molecule has 0 aliphatic heterocycles. The first kappa shape index (κ1) is 16.5. The molecule has 27 heavy (non-hydrogen) atoms. The van der Waals surface area contributed by atoms with Crippen LogP contribution in [0.5, 0.6) is 11.6 Å². The van der Waals surface area contributed by atoms with Crippen LogP contribution in [-0.4, -0.2) is 22.1 Å². The molecule has 0 fully saturated rings. The van der Waals surface area contributed by atoms with Crippen LogP contribution in [0.15, 0.2) is 59.5 Å². The molecule has 4 rings (SSSR count). The summed E-state index contributed by atoms with van der Waals surface area (Å²) in [5.74, 6) is 1.75. The van der Waals surface area contributed by atoms with Crippen LogP contribution in [0.25, 0.3) is 22.3 Å². The Kier molecular flexibility index (Phi) is 4.37. The molecule has 0 aliphatic rings. The number of nitriles is 1.